The molecular formula is C22H25ClN4O2. The highest BCUT2D eigenvalue weighted by Crippen LogP contribution is 2.31. The summed E-state index contributed by atoms with van der Waals surface area (Å²) in [4.78, 5) is 23.8. The van der Waals surface area contributed by atoms with Crippen LogP contribution in [0.2, 0.25) is 5.02 Å². The van der Waals surface area contributed by atoms with Gasteiger partial charge in [0.25, 0.3) is 0 Å². The zero-order chi connectivity index (χ0) is 20.2. The summed E-state index contributed by atoms with van der Waals surface area (Å²) in [6.07, 6.45) is 9.74. The highest BCUT2D eigenvalue weighted by Gasteiger charge is 2.31. The Morgan fingerprint density at radius 2 is 2.21 bits per heavy atom. The van der Waals surface area contributed by atoms with Crippen LogP contribution in [0.1, 0.15) is 55.3 Å². The van der Waals surface area contributed by atoms with Gasteiger partial charge in [-0.15, -0.1) is 0 Å². The number of aryl methyl sites for hydroxylation is 1. The van der Waals surface area contributed by atoms with Crippen LogP contribution < -0.4 is 0 Å². The molecule has 1 atom stereocenters. The van der Waals surface area contributed by atoms with Crippen molar-refractivity contribution in [2.24, 2.45) is 0 Å². The van der Waals surface area contributed by atoms with Crippen LogP contribution in [0.15, 0.2) is 47.3 Å². The first-order chi connectivity index (χ1) is 14.1. The fraction of sp³-hybridized carbons (Fsp3) is 0.409. The summed E-state index contributed by atoms with van der Waals surface area (Å²) < 4.78 is 7.98. The van der Waals surface area contributed by atoms with Crippen molar-refractivity contribution in [1.82, 2.24) is 19.4 Å². The minimum atomic E-state index is -0.113. The van der Waals surface area contributed by atoms with Gasteiger partial charge in [0.15, 0.2) is 0 Å². The molecule has 2 aromatic heterocycles. The number of rotatable bonds is 6. The molecular weight excluding hydrogens is 388 g/mol. The molecule has 0 spiro atoms. The van der Waals surface area contributed by atoms with Crippen LogP contribution >= 0.6 is 11.6 Å². The van der Waals surface area contributed by atoms with Crippen molar-refractivity contribution in [3.63, 3.8) is 0 Å². The van der Waals surface area contributed by atoms with E-state index in [4.69, 9.17) is 16.0 Å². The van der Waals surface area contributed by atoms with Crippen molar-refractivity contribution in [1.29, 1.82) is 0 Å². The number of carbonyl (C=O) groups is 1. The molecule has 4 rings (SSSR count). The Morgan fingerprint density at radius 1 is 1.31 bits per heavy atom. The van der Waals surface area contributed by atoms with Gasteiger partial charge < -0.3 is 13.9 Å². The van der Waals surface area contributed by atoms with Crippen LogP contribution in [-0.4, -0.2) is 31.9 Å². The predicted molar refractivity (Wildman–Crippen MR) is 111 cm³/mol. The van der Waals surface area contributed by atoms with Gasteiger partial charge in [-0.05, 0) is 37.0 Å². The normalized spacial score (nSPS) is 16.9. The zero-order valence-corrected chi connectivity index (χ0v) is 17.3. The minimum absolute atomic E-state index is 0.0805. The second-order valence-electron chi connectivity index (χ2n) is 7.40. The molecule has 1 amide bonds. The first-order valence-electron chi connectivity index (χ1n) is 10.1. The van der Waals surface area contributed by atoms with Gasteiger partial charge in [-0.1, -0.05) is 30.7 Å². The lowest BCUT2D eigenvalue weighted by molar-refractivity contribution is -0.136. The molecule has 0 radical (unpaired) electrons. The van der Waals surface area contributed by atoms with Gasteiger partial charge in [0, 0.05) is 36.8 Å². The maximum Gasteiger partial charge on any atom is 0.243 e. The molecule has 0 N–H and O–H groups in total. The molecule has 7 heteroatoms. The molecule has 0 aliphatic carbocycles. The summed E-state index contributed by atoms with van der Waals surface area (Å²) >= 11 is 6.07. The summed E-state index contributed by atoms with van der Waals surface area (Å²) in [5.74, 6) is 2.41. The van der Waals surface area contributed by atoms with Crippen molar-refractivity contribution in [3.8, 4) is 0 Å². The molecule has 1 fully saturated rings. The first-order valence-corrected chi connectivity index (χ1v) is 10.5. The summed E-state index contributed by atoms with van der Waals surface area (Å²) in [6, 6.07) is 7.61. The van der Waals surface area contributed by atoms with Gasteiger partial charge in [-0.25, -0.2) is 9.97 Å². The summed E-state index contributed by atoms with van der Waals surface area (Å²) in [6.45, 7) is 3.07. The molecule has 6 nitrogen and oxygen atoms in total. The van der Waals surface area contributed by atoms with E-state index in [2.05, 4.69) is 9.97 Å². The summed E-state index contributed by atoms with van der Waals surface area (Å²) in [7, 11) is 0. The van der Waals surface area contributed by atoms with E-state index < -0.39 is 0 Å². The van der Waals surface area contributed by atoms with Crippen molar-refractivity contribution >= 4 is 17.5 Å². The highest BCUT2D eigenvalue weighted by atomic mass is 35.5. The van der Waals surface area contributed by atoms with Gasteiger partial charge in [0.1, 0.15) is 24.2 Å². The molecule has 0 saturated carbocycles. The van der Waals surface area contributed by atoms with Crippen molar-refractivity contribution < 1.29 is 9.21 Å². The standard InChI is InChI=1S/C22H25ClN4O2/c1-2-20-24-9-11-26(20)15-21(28)27-10-4-3-8-19(27)22-25-14-18(29-22)13-16-6-5-7-17(23)12-16/h5-7,9,11-12,14,19H,2-4,8,10,13,15H2,1H3. The van der Waals surface area contributed by atoms with Crippen LogP contribution in [0, 0.1) is 0 Å². The first kappa shape index (κ1) is 19.7. The van der Waals surface area contributed by atoms with Gasteiger partial charge in [0.2, 0.25) is 11.8 Å². The maximum absolute atomic E-state index is 13.0. The molecule has 1 aliphatic rings. The van der Waals surface area contributed by atoms with Crippen LogP contribution in [0.4, 0.5) is 0 Å². The quantitative estimate of drug-likeness (QED) is 0.600. The van der Waals surface area contributed by atoms with E-state index in [1.54, 1.807) is 12.4 Å². The third kappa shape index (κ3) is 4.53. The number of imidazole rings is 1. The predicted octanol–water partition coefficient (Wildman–Crippen LogP) is 4.43. The van der Waals surface area contributed by atoms with Crippen LogP contribution in [0.3, 0.4) is 0 Å². The van der Waals surface area contributed by atoms with Gasteiger partial charge in [0.05, 0.1) is 6.20 Å². The number of aromatic nitrogens is 3. The van der Waals surface area contributed by atoms with Crippen molar-refractivity contribution in [2.75, 3.05) is 6.54 Å². The lowest BCUT2D eigenvalue weighted by Gasteiger charge is -2.34. The Morgan fingerprint density at radius 3 is 3.03 bits per heavy atom. The van der Waals surface area contributed by atoms with Gasteiger partial charge >= 0.3 is 0 Å². The Kier molecular flexibility index (Phi) is 6.00. The monoisotopic (exact) mass is 412 g/mol. The molecule has 152 valence electrons. The molecule has 1 aliphatic heterocycles. The SMILES string of the molecule is CCc1nccn1CC(=O)N1CCCCC1c1ncc(Cc2cccc(Cl)c2)o1. The van der Waals surface area contributed by atoms with Crippen LogP contribution in [0.5, 0.6) is 0 Å². The fourth-order valence-electron chi connectivity index (χ4n) is 3.93. The molecule has 3 aromatic rings. The van der Waals surface area contributed by atoms with Crippen LogP contribution in [0.25, 0.3) is 0 Å². The lowest BCUT2D eigenvalue weighted by atomic mass is 10.0. The Balaban J connectivity index is 1.49. The van der Waals surface area contributed by atoms with E-state index >= 15 is 0 Å². The zero-order valence-electron chi connectivity index (χ0n) is 16.6. The number of hydrogen-bond donors (Lipinski definition) is 0. The van der Waals surface area contributed by atoms with E-state index in [0.717, 1.165) is 49.4 Å². The van der Waals surface area contributed by atoms with E-state index in [1.807, 2.05) is 46.9 Å². The number of halogens is 1. The number of benzene rings is 1. The summed E-state index contributed by atoms with van der Waals surface area (Å²) in [5.41, 5.74) is 1.07. The average molecular weight is 413 g/mol. The molecule has 1 unspecified atom stereocenters. The van der Waals surface area contributed by atoms with Gasteiger partial charge in [-0.3, -0.25) is 4.79 Å². The average Bonchev–Trinajstić information content (AvgIpc) is 3.37. The van der Waals surface area contributed by atoms with E-state index in [0.29, 0.717) is 23.9 Å². The molecule has 1 saturated heterocycles. The highest BCUT2D eigenvalue weighted by molar-refractivity contribution is 6.30. The smallest absolute Gasteiger partial charge is 0.243 e. The fourth-order valence-corrected chi connectivity index (χ4v) is 4.14. The number of piperidine rings is 1. The van der Waals surface area contributed by atoms with E-state index in [-0.39, 0.29) is 11.9 Å². The number of oxazole rings is 1. The number of carbonyl (C=O) groups excluding carboxylic acids is 1. The molecule has 3 heterocycles. The Labute approximate surface area is 175 Å². The second-order valence-corrected chi connectivity index (χ2v) is 7.83. The second kappa shape index (κ2) is 8.82. The lowest BCUT2D eigenvalue weighted by Crippen LogP contribution is -2.40. The van der Waals surface area contributed by atoms with Crippen molar-refractivity contribution in [3.05, 3.63) is 70.9 Å². The number of nitrogens with zero attached hydrogens (tertiary/aromatic N) is 4. The molecule has 1 aromatic carbocycles. The largest absolute Gasteiger partial charge is 0.443 e. The summed E-state index contributed by atoms with van der Waals surface area (Å²) in [5, 5.41) is 0.706. The van der Waals surface area contributed by atoms with Crippen LogP contribution in [-0.2, 0) is 24.2 Å². The number of amides is 1. The third-order valence-electron chi connectivity index (χ3n) is 5.37. The maximum atomic E-state index is 13.0. The van der Waals surface area contributed by atoms with E-state index in [1.165, 1.54) is 0 Å². The number of likely N-dealkylation sites (tertiary alicyclic amines) is 1. The Bertz CT molecular complexity index is 981. The Hall–Kier alpha value is -2.60. The minimum Gasteiger partial charge on any atom is -0.443 e. The third-order valence-corrected chi connectivity index (χ3v) is 5.61. The van der Waals surface area contributed by atoms with E-state index in [9.17, 15) is 4.79 Å². The topological polar surface area (TPSA) is 64.2 Å². The van der Waals surface area contributed by atoms with Gasteiger partial charge in [-0.2, -0.15) is 0 Å². The number of hydrogen-bond acceptors (Lipinski definition) is 4. The molecule has 0 bridgehead atoms. The van der Waals surface area contributed by atoms with Crippen molar-refractivity contribution in [2.45, 2.75) is 51.6 Å². The molecule has 29 heavy (non-hydrogen) atoms.